The largest absolute Gasteiger partial charge is 0.481 e. The average molecular weight is 1000 g/mol. The standard InChI is InChI=1S/C44H81N13O13/c1-8-13-28(52-39(66)29(16-17-34(61)62)53-41(68)35(47)26(7)59)38(65)51-25(6)36(63)55-31(20-23(2)3)40(67)56-32(21-24(4)5)43(70)57(19-11-9-10-15-33(46)60)42(69)30(14-12-18-50-44(48)49)54-37(64)27(45)22-58/h23-32,35,58-59H,8-22,45,47H2,1-7H3,(H2,46,60)(H,51,65)(H,52,66)(H,53,68)(H,54,64)(H,55,63)(H,56,67)(H,61,62)(H4,48,49,50)/t25-,26+,27-,28-,29-,30-,31-,32-,35-/m0/s1. The first-order valence-corrected chi connectivity index (χ1v) is 23.7. The molecule has 0 fully saturated rings. The summed E-state index contributed by atoms with van der Waals surface area (Å²) < 4.78 is 0. The molecule has 19 N–H and O–H groups in total. The monoisotopic (exact) mass is 1000 g/mol. The zero-order valence-electron chi connectivity index (χ0n) is 41.7. The smallest absolute Gasteiger partial charge is 0.303 e. The second-order valence-electron chi connectivity index (χ2n) is 18.1. The molecule has 26 nitrogen and oxygen atoms in total. The number of nitrogens with zero attached hydrogens (tertiary/aromatic N) is 2. The van der Waals surface area contributed by atoms with Crippen LogP contribution in [0.3, 0.4) is 0 Å². The van der Waals surface area contributed by atoms with Crippen molar-refractivity contribution < 1.29 is 63.3 Å². The Morgan fingerprint density at radius 1 is 0.571 bits per heavy atom. The number of carbonyl (C=O) groups is 10. The van der Waals surface area contributed by atoms with Crippen LogP contribution in [0.15, 0.2) is 4.99 Å². The third kappa shape index (κ3) is 25.6. The fourth-order valence-corrected chi connectivity index (χ4v) is 6.77. The van der Waals surface area contributed by atoms with Crippen LogP contribution < -0.4 is 60.6 Å². The summed E-state index contributed by atoms with van der Waals surface area (Å²) in [5, 5.41) is 43.6. The first kappa shape index (κ1) is 64.0. The number of carboxylic acid groups (broad SMARTS) is 1. The molecule has 9 atom stereocenters. The van der Waals surface area contributed by atoms with Crippen molar-refractivity contribution >= 4 is 65.1 Å². The number of nitrogens with one attached hydrogen (secondary N) is 6. The average Bonchev–Trinajstić information content (AvgIpc) is 3.27. The molecule has 0 aliphatic carbocycles. The maximum Gasteiger partial charge on any atom is 0.303 e. The number of aliphatic imine (C=N–C) groups is 1. The number of amides is 9. The fraction of sp³-hybridized carbons (Fsp3) is 0.750. The predicted octanol–water partition coefficient (Wildman–Crippen LogP) is -3.85. The van der Waals surface area contributed by atoms with Crippen molar-refractivity contribution in [1.82, 2.24) is 36.8 Å². The van der Waals surface area contributed by atoms with Crippen molar-refractivity contribution in [1.29, 1.82) is 0 Å². The molecule has 0 saturated heterocycles. The molecular formula is C44H81N13O13. The highest BCUT2D eigenvalue weighted by Gasteiger charge is 2.37. The van der Waals surface area contributed by atoms with Gasteiger partial charge >= 0.3 is 5.97 Å². The first-order chi connectivity index (χ1) is 32.7. The molecule has 0 spiro atoms. The van der Waals surface area contributed by atoms with Gasteiger partial charge in [0, 0.05) is 25.9 Å². The minimum absolute atomic E-state index is 0.0144. The highest BCUT2D eigenvalue weighted by molar-refractivity contribution is 6.03. The van der Waals surface area contributed by atoms with E-state index >= 15 is 0 Å². The van der Waals surface area contributed by atoms with Crippen LogP contribution in [0.2, 0.25) is 0 Å². The molecule has 0 heterocycles. The maximum atomic E-state index is 14.6. The van der Waals surface area contributed by atoms with Gasteiger partial charge in [0.25, 0.3) is 11.8 Å². The van der Waals surface area contributed by atoms with E-state index in [1.807, 2.05) is 0 Å². The second kappa shape index (κ2) is 33.5. The normalized spacial score (nSPS) is 15.0. The van der Waals surface area contributed by atoms with Crippen LogP contribution in [-0.2, 0) is 47.9 Å². The molecule has 9 amide bonds. The van der Waals surface area contributed by atoms with Crippen LogP contribution >= 0.6 is 0 Å². The quantitative estimate of drug-likeness (QED) is 0.0164. The molecular weight excluding hydrogens is 919 g/mol. The Hall–Kier alpha value is -5.99. The van der Waals surface area contributed by atoms with Gasteiger partial charge in [-0.05, 0) is 77.0 Å². The Morgan fingerprint density at radius 2 is 1.07 bits per heavy atom. The van der Waals surface area contributed by atoms with Crippen molar-refractivity contribution in [3.63, 3.8) is 0 Å². The Balaban J connectivity index is 6.67. The van der Waals surface area contributed by atoms with Crippen molar-refractivity contribution in [3.05, 3.63) is 0 Å². The van der Waals surface area contributed by atoms with Crippen LogP contribution in [0.1, 0.15) is 126 Å². The molecule has 70 heavy (non-hydrogen) atoms. The number of hydrogen-bond acceptors (Lipinski definition) is 15. The Morgan fingerprint density at radius 3 is 1.60 bits per heavy atom. The Labute approximate surface area is 409 Å². The predicted molar refractivity (Wildman–Crippen MR) is 257 cm³/mol. The number of primary amides is 1. The number of aliphatic hydroxyl groups is 2. The van der Waals surface area contributed by atoms with Gasteiger partial charge in [-0.1, -0.05) is 47.5 Å². The number of aliphatic hydroxyl groups excluding tert-OH is 2. The minimum Gasteiger partial charge on any atom is -0.481 e. The van der Waals surface area contributed by atoms with Crippen LogP contribution in [0.25, 0.3) is 0 Å². The summed E-state index contributed by atoms with van der Waals surface area (Å²) in [6.45, 7) is 10.5. The van der Waals surface area contributed by atoms with Gasteiger partial charge in [0.05, 0.1) is 12.7 Å². The molecule has 0 aromatic carbocycles. The van der Waals surface area contributed by atoms with Crippen LogP contribution in [0.4, 0.5) is 0 Å². The number of nitrogens with two attached hydrogens (primary N) is 5. The van der Waals surface area contributed by atoms with Crippen LogP contribution in [0, 0.1) is 11.8 Å². The third-order valence-electron chi connectivity index (χ3n) is 10.7. The zero-order valence-corrected chi connectivity index (χ0v) is 41.7. The molecule has 0 bridgehead atoms. The van der Waals surface area contributed by atoms with E-state index < -0.39 is 127 Å². The summed E-state index contributed by atoms with van der Waals surface area (Å²) in [6.07, 6.45) is -0.677. The van der Waals surface area contributed by atoms with Crippen molar-refractivity contribution in [2.75, 3.05) is 19.7 Å². The lowest BCUT2D eigenvalue weighted by Crippen LogP contribution is -2.60. The van der Waals surface area contributed by atoms with Gasteiger partial charge < -0.3 is 75.9 Å². The Kier molecular flexibility index (Phi) is 30.7. The second-order valence-corrected chi connectivity index (χ2v) is 18.1. The number of imide groups is 1. The van der Waals surface area contributed by atoms with Gasteiger partial charge in [0.2, 0.25) is 41.4 Å². The summed E-state index contributed by atoms with van der Waals surface area (Å²) in [6, 6.07) is -10.9. The van der Waals surface area contributed by atoms with E-state index in [1.54, 1.807) is 34.6 Å². The molecule has 0 saturated carbocycles. The zero-order chi connectivity index (χ0) is 53.8. The lowest BCUT2D eigenvalue weighted by Gasteiger charge is -2.32. The van der Waals surface area contributed by atoms with Gasteiger partial charge in [-0.15, -0.1) is 0 Å². The lowest BCUT2D eigenvalue weighted by molar-refractivity contribution is -0.150. The molecule has 0 aliphatic heterocycles. The van der Waals surface area contributed by atoms with Gasteiger partial charge in [0.15, 0.2) is 5.96 Å². The summed E-state index contributed by atoms with van der Waals surface area (Å²) in [4.78, 5) is 137. The Bertz CT molecular complexity index is 1780. The number of carbonyl (C=O) groups excluding carboxylic acids is 9. The number of hydrogen-bond donors (Lipinski definition) is 14. The summed E-state index contributed by atoms with van der Waals surface area (Å²) >= 11 is 0. The highest BCUT2D eigenvalue weighted by Crippen LogP contribution is 2.15. The van der Waals surface area contributed by atoms with Crippen molar-refractivity contribution in [2.24, 2.45) is 45.5 Å². The van der Waals surface area contributed by atoms with Crippen molar-refractivity contribution in [3.8, 4) is 0 Å². The van der Waals surface area contributed by atoms with E-state index in [0.29, 0.717) is 19.3 Å². The third-order valence-corrected chi connectivity index (χ3v) is 10.7. The number of unbranched alkanes of at least 4 members (excludes halogenated alkanes) is 2. The lowest BCUT2D eigenvalue weighted by atomic mass is 9.99. The number of carboxylic acids is 1. The molecule has 26 heteroatoms. The van der Waals surface area contributed by atoms with Gasteiger partial charge in [0.1, 0.15) is 48.3 Å². The van der Waals surface area contributed by atoms with E-state index in [0.717, 1.165) is 4.90 Å². The van der Waals surface area contributed by atoms with Gasteiger partial charge in [-0.3, -0.25) is 57.8 Å². The molecule has 0 aliphatic rings. The van der Waals surface area contributed by atoms with E-state index in [-0.39, 0.29) is 82.3 Å². The first-order valence-electron chi connectivity index (χ1n) is 23.7. The summed E-state index contributed by atoms with van der Waals surface area (Å²) in [5.74, 6) is -9.36. The topological polar surface area (TPSA) is 449 Å². The molecule has 0 aromatic heterocycles. The SMILES string of the molecule is CCC[C@H](NC(=O)[C@H](CCC(=O)O)NC(=O)[C@@H](N)[C@@H](C)O)C(=O)N[C@@H](C)C(=O)N[C@@H](CC(C)C)C(=O)N[C@@H](CC(C)C)C(=O)N(CCCCCC(N)=O)C(=O)[C@H](CCCN=C(N)N)NC(=O)[C@@H](N)CO. The van der Waals surface area contributed by atoms with Gasteiger partial charge in [-0.25, -0.2) is 0 Å². The van der Waals surface area contributed by atoms with Crippen LogP contribution in [-0.4, -0.2) is 159 Å². The highest BCUT2D eigenvalue weighted by atomic mass is 16.4. The van der Waals surface area contributed by atoms with E-state index in [1.165, 1.54) is 13.8 Å². The molecule has 0 radical (unpaired) electrons. The van der Waals surface area contributed by atoms with E-state index in [4.69, 9.17) is 28.7 Å². The van der Waals surface area contributed by atoms with Gasteiger partial charge in [-0.2, -0.15) is 0 Å². The minimum atomic E-state index is -1.46. The fourth-order valence-electron chi connectivity index (χ4n) is 6.77. The summed E-state index contributed by atoms with van der Waals surface area (Å²) in [7, 11) is 0. The number of aliphatic carboxylic acids is 1. The van der Waals surface area contributed by atoms with E-state index in [9.17, 15) is 63.3 Å². The molecule has 0 rings (SSSR count). The van der Waals surface area contributed by atoms with E-state index in [2.05, 4.69) is 36.9 Å². The number of guanidine groups is 1. The van der Waals surface area contributed by atoms with Crippen molar-refractivity contribution in [2.45, 2.75) is 180 Å². The molecule has 400 valence electrons. The summed E-state index contributed by atoms with van der Waals surface area (Å²) in [5.41, 5.74) is 27.6. The van der Waals surface area contributed by atoms with Crippen LogP contribution in [0.5, 0.6) is 0 Å². The molecule has 0 unspecified atom stereocenters. The molecule has 0 aromatic rings. The maximum absolute atomic E-state index is 14.6. The number of rotatable bonds is 35.